The van der Waals surface area contributed by atoms with Gasteiger partial charge >= 0.3 is 0 Å². The van der Waals surface area contributed by atoms with E-state index in [1.54, 1.807) is 29.9 Å². The van der Waals surface area contributed by atoms with E-state index in [-0.39, 0.29) is 42.9 Å². The Bertz CT molecular complexity index is 2040. The molecule has 7 rings (SSSR count). The number of nitrogens with one attached hydrogen (secondary N) is 2. The van der Waals surface area contributed by atoms with Gasteiger partial charge in [-0.3, -0.25) is 19.1 Å². The molecule has 0 unspecified atom stereocenters. The minimum absolute atomic E-state index is 0.174. The number of hydrogen-bond donors (Lipinski definition) is 2. The van der Waals surface area contributed by atoms with Gasteiger partial charge < -0.3 is 19.7 Å². The second-order valence-electron chi connectivity index (χ2n) is 15.0. The summed E-state index contributed by atoms with van der Waals surface area (Å²) in [7, 11) is -0.493. The maximum absolute atomic E-state index is 14.3. The van der Waals surface area contributed by atoms with Crippen molar-refractivity contribution in [2.24, 2.45) is 17.8 Å². The molecule has 15 heteroatoms. The largest absolute Gasteiger partial charge is 0.496 e. The zero-order valence-electron chi connectivity index (χ0n) is 30.3. The van der Waals surface area contributed by atoms with Crippen LogP contribution in [0.15, 0.2) is 36.5 Å². The molecule has 3 amide bonds. The lowest BCUT2D eigenvalue weighted by Gasteiger charge is -2.26. The Kier molecular flexibility index (Phi) is 9.51. The molecule has 278 valence electrons. The number of amides is 3. The molecular weight excluding hydrogens is 687 g/mol. The highest BCUT2D eigenvalue weighted by atomic mass is 32.2. The molecule has 5 atom stereocenters. The molecule has 0 bridgehead atoms. The van der Waals surface area contributed by atoms with Crippen LogP contribution in [0.4, 0.5) is 0 Å². The Balaban J connectivity index is 1.21. The van der Waals surface area contributed by atoms with Gasteiger partial charge in [0.05, 0.1) is 40.8 Å². The molecule has 0 radical (unpaired) electrons. The second kappa shape index (κ2) is 13.8. The average Bonchev–Trinajstić information content (AvgIpc) is 3.98. The number of methoxy groups -OCH3 is 1. The highest BCUT2D eigenvalue weighted by molar-refractivity contribution is 7.91. The van der Waals surface area contributed by atoms with Crippen molar-refractivity contribution in [1.82, 2.24) is 34.7 Å². The number of hydrogen-bond acceptors (Lipinski definition) is 10. The van der Waals surface area contributed by atoms with E-state index in [1.807, 2.05) is 37.3 Å². The second-order valence-corrected chi connectivity index (χ2v) is 17.0. The van der Waals surface area contributed by atoms with Crippen LogP contribution in [-0.2, 0) is 24.4 Å². The predicted molar refractivity (Wildman–Crippen MR) is 192 cm³/mol. The van der Waals surface area contributed by atoms with Gasteiger partial charge in [-0.15, -0.1) is 0 Å². The Labute approximate surface area is 303 Å². The molecule has 1 aromatic carbocycles. The maximum atomic E-state index is 14.3. The van der Waals surface area contributed by atoms with Gasteiger partial charge in [-0.2, -0.15) is 10.1 Å². The fourth-order valence-electron chi connectivity index (χ4n) is 7.49. The Morgan fingerprint density at radius 1 is 1.10 bits per heavy atom. The molecule has 2 N–H and O–H groups in total. The minimum atomic E-state index is -3.84. The van der Waals surface area contributed by atoms with Crippen molar-refractivity contribution in [3.05, 3.63) is 47.8 Å². The monoisotopic (exact) mass is 733 g/mol. The number of rotatable bonds is 8. The molecule has 1 aliphatic heterocycles. The number of carbonyl (C=O) groups is 3. The number of allylic oxidation sites excluding steroid dienone is 1. The number of aryl methyl sites for hydroxylation is 1. The van der Waals surface area contributed by atoms with Gasteiger partial charge in [0.1, 0.15) is 17.4 Å². The summed E-state index contributed by atoms with van der Waals surface area (Å²) in [6.07, 6.45) is 9.16. The van der Waals surface area contributed by atoms with Crippen molar-refractivity contribution in [2.45, 2.75) is 94.9 Å². The molecule has 3 aromatic rings. The van der Waals surface area contributed by atoms with E-state index >= 15 is 0 Å². The Hall–Kier alpha value is -4.53. The Morgan fingerprint density at radius 3 is 2.58 bits per heavy atom. The lowest BCUT2D eigenvalue weighted by atomic mass is 9.93. The van der Waals surface area contributed by atoms with Gasteiger partial charge in [-0.05, 0) is 82.4 Å². The summed E-state index contributed by atoms with van der Waals surface area (Å²) in [4.78, 5) is 53.2. The third kappa shape index (κ3) is 6.86. The van der Waals surface area contributed by atoms with Crippen molar-refractivity contribution in [3.63, 3.8) is 0 Å². The van der Waals surface area contributed by atoms with Crippen LogP contribution in [0.3, 0.4) is 0 Å². The molecule has 0 saturated heterocycles. The van der Waals surface area contributed by atoms with Gasteiger partial charge in [-0.25, -0.2) is 18.1 Å². The van der Waals surface area contributed by atoms with Crippen molar-refractivity contribution < 1.29 is 32.3 Å². The number of benzene rings is 1. The van der Waals surface area contributed by atoms with Crippen LogP contribution in [0.2, 0.25) is 0 Å². The quantitative estimate of drug-likeness (QED) is 0.325. The minimum Gasteiger partial charge on any atom is -0.496 e. The fraction of sp³-hybridized carbons (Fsp3) is 0.568. The third-order valence-electron chi connectivity index (χ3n) is 10.9. The van der Waals surface area contributed by atoms with Crippen LogP contribution in [0, 0.1) is 24.7 Å². The highest BCUT2D eigenvalue weighted by Gasteiger charge is 2.62. The van der Waals surface area contributed by atoms with E-state index in [0.29, 0.717) is 42.0 Å². The lowest BCUT2D eigenvalue weighted by Crippen LogP contribution is -2.54. The zero-order chi connectivity index (χ0) is 36.9. The summed E-state index contributed by atoms with van der Waals surface area (Å²) in [5, 5.41) is 7.68. The number of aromatic nitrogens is 4. The SMILES string of the molecule is COc1ccc2c(O[C@@H]3C[C@H]4C(=O)N[C@]5(C(=O)NS(=O)(=O)C6CC6)C[C@@H]5/C=C\CCCCN(C)C(=O)[C@@H]4C3)nc(-n3ccc(C(C)C)n3)nc2c1C. The summed E-state index contributed by atoms with van der Waals surface area (Å²) in [5.41, 5.74) is 0.878. The van der Waals surface area contributed by atoms with Crippen molar-refractivity contribution in [1.29, 1.82) is 0 Å². The maximum Gasteiger partial charge on any atom is 0.259 e. The molecule has 3 fully saturated rings. The summed E-state index contributed by atoms with van der Waals surface area (Å²) >= 11 is 0. The van der Waals surface area contributed by atoms with E-state index < -0.39 is 50.6 Å². The van der Waals surface area contributed by atoms with Crippen molar-refractivity contribution in [3.8, 4) is 17.6 Å². The smallest absolute Gasteiger partial charge is 0.259 e. The van der Waals surface area contributed by atoms with E-state index in [2.05, 4.69) is 29.0 Å². The lowest BCUT2D eigenvalue weighted by molar-refractivity contribution is -0.140. The van der Waals surface area contributed by atoms with Gasteiger partial charge in [0, 0.05) is 31.3 Å². The fourth-order valence-corrected chi connectivity index (χ4v) is 8.86. The predicted octanol–water partition coefficient (Wildman–Crippen LogP) is 3.71. The van der Waals surface area contributed by atoms with E-state index in [4.69, 9.17) is 19.4 Å². The molecular formula is C37H47N7O7S. The number of fused-ring (bicyclic) bond motifs is 3. The first kappa shape index (κ1) is 35.9. The molecule has 3 saturated carbocycles. The first-order valence-corrected chi connectivity index (χ1v) is 19.7. The van der Waals surface area contributed by atoms with Crippen LogP contribution in [0.1, 0.15) is 82.4 Å². The molecule has 4 aliphatic rings. The number of carbonyl (C=O) groups excluding carboxylic acids is 3. The van der Waals surface area contributed by atoms with Gasteiger partial charge in [-0.1, -0.05) is 26.0 Å². The molecule has 2 aromatic heterocycles. The first-order valence-electron chi connectivity index (χ1n) is 18.2. The highest BCUT2D eigenvalue weighted by Crippen LogP contribution is 2.47. The normalized spacial score (nSPS) is 27.4. The molecule has 3 aliphatic carbocycles. The van der Waals surface area contributed by atoms with E-state index in [1.165, 1.54) is 0 Å². The first-order chi connectivity index (χ1) is 24.8. The van der Waals surface area contributed by atoms with Crippen LogP contribution in [0.25, 0.3) is 16.9 Å². The van der Waals surface area contributed by atoms with Crippen LogP contribution in [0.5, 0.6) is 11.6 Å². The third-order valence-corrected chi connectivity index (χ3v) is 12.7. The standard InChI is InChI=1S/C37H47N7O7S/c1-21(2)29-15-17-44(41-29)36-38-31-22(3)30(50-5)14-13-26(31)33(39-36)51-24-18-27-28(19-24)34(46)43(4)16-9-7-6-8-10-23-20-37(23,40-32(27)45)35(47)42-52(48,49)25-11-12-25/h8,10,13-15,17,21,23-25,27-28H,6-7,9,11-12,16,18-20H2,1-5H3,(H,40,45)(H,42,47)/b10-8-/t23-,24+,27+,28+,37+/m0/s1. The average molecular weight is 734 g/mol. The number of sulfonamides is 1. The Morgan fingerprint density at radius 2 is 1.87 bits per heavy atom. The van der Waals surface area contributed by atoms with Crippen molar-refractivity contribution >= 4 is 38.6 Å². The van der Waals surface area contributed by atoms with Crippen molar-refractivity contribution in [2.75, 3.05) is 20.7 Å². The molecule has 3 heterocycles. The van der Waals surface area contributed by atoms with Crippen LogP contribution in [-0.4, -0.2) is 88.4 Å². The number of ether oxygens (including phenoxy) is 2. The summed E-state index contributed by atoms with van der Waals surface area (Å²) in [6.45, 7) is 6.56. The van der Waals surface area contributed by atoms with Gasteiger partial charge in [0.25, 0.3) is 11.9 Å². The molecule has 52 heavy (non-hydrogen) atoms. The summed E-state index contributed by atoms with van der Waals surface area (Å²) < 4.78 is 41.6. The topological polar surface area (TPSA) is 175 Å². The summed E-state index contributed by atoms with van der Waals surface area (Å²) in [5.74, 6) is -1.85. The molecule has 14 nitrogen and oxygen atoms in total. The van der Waals surface area contributed by atoms with Crippen LogP contribution >= 0.6 is 0 Å². The van der Waals surface area contributed by atoms with E-state index in [9.17, 15) is 22.8 Å². The molecule has 0 spiro atoms. The van der Waals surface area contributed by atoms with Gasteiger partial charge in [0.2, 0.25) is 27.7 Å². The number of nitrogens with zero attached hydrogens (tertiary/aromatic N) is 5. The summed E-state index contributed by atoms with van der Waals surface area (Å²) in [6, 6.07) is 5.57. The van der Waals surface area contributed by atoms with Crippen LogP contribution < -0.4 is 19.5 Å². The zero-order valence-corrected chi connectivity index (χ0v) is 31.1. The van der Waals surface area contributed by atoms with Gasteiger partial charge in [0.15, 0.2) is 0 Å². The van der Waals surface area contributed by atoms with E-state index in [0.717, 1.165) is 30.5 Å².